The van der Waals surface area contributed by atoms with Crippen molar-refractivity contribution in [3.05, 3.63) is 34.5 Å². The van der Waals surface area contributed by atoms with Crippen LogP contribution < -0.4 is 9.47 Å². The lowest BCUT2D eigenvalue weighted by Gasteiger charge is -2.47. The Morgan fingerprint density at radius 1 is 1.04 bits per heavy atom. The van der Waals surface area contributed by atoms with E-state index in [9.17, 15) is 9.59 Å². The number of benzene rings is 1. The van der Waals surface area contributed by atoms with Crippen molar-refractivity contribution >= 4 is 11.6 Å². The molecule has 0 N–H and O–H groups in total. The van der Waals surface area contributed by atoms with Gasteiger partial charge in [-0.1, -0.05) is 6.92 Å². The number of methoxy groups -OCH3 is 2. The number of ketones is 2. The lowest BCUT2D eigenvalue weighted by Crippen LogP contribution is -2.47. The van der Waals surface area contributed by atoms with Gasteiger partial charge in [0.2, 0.25) is 0 Å². The van der Waals surface area contributed by atoms with E-state index in [0.29, 0.717) is 17.7 Å². The molecule has 0 aromatic heterocycles. The first kappa shape index (κ1) is 16.2. The monoisotopic (exact) mass is 341 g/mol. The van der Waals surface area contributed by atoms with Crippen molar-refractivity contribution in [2.75, 3.05) is 20.8 Å². The van der Waals surface area contributed by atoms with Crippen LogP contribution in [0.3, 0.4) is 0 Å². The number of nitrogens with zero attached hydrogens (tertiary/aromatic N) is 1. The number of carbonyl (C=O) groups excluding carboxylic acids is 2. The molecule has 0 radical (unpaired) electrons. The lowest BCUT2D eigenvalue weighted by atomic mass is 9.74. The number of Topliss-reactive ketones (excluding diaryl/α,β-unsaturated/α-hetero) is 2. The Hall–Kier alpha value is -2.30. The summed E-state index contributed by atoms with van der Waals surface area (Å²) in [5.74, 6) is 1.19. The maximum Gasteiger partial charge on any atom is 0.173 e. The van der Waals surface area contributed by atoms with E-state index >= 15 is 0 Å². The third-order valence-electron chi connectivity index (χ3n) is 5.79. The largest absolute Gasteiger partial charge is 0.493 e. The van der Waals surface area contributed by atoms with Crippen molar-refractivity contribution in [2.24, 2.45) is 5.92 Å². The number of hydrogen-bond acceptors (Lipinski definition) is 5. The number of fused-ring (bicyclic) bond motifs is 4. The van der Waals surface area contributed by atoms with E-state index < -0.39 is 0 Å². The van der Waals surface area contributed by atoms with E-state index in [1.807, 2.05) is 19.1 Å². The van der Waals surface area contributed by atoms with Crippen molar-refractivity contribution < 1.29 is 19.1 Å². The number of rotatable bonds is 2. The normalized spacial score (nSPS) is 25.3. The van der Waals surface area contributed by atoms with E-state index in [2.05, 4.69) is 4.90 Å². The molecule has 2 heterocycles. The van der Waals surface area contributed by atoms with Crippen LogP contribution in [0.25, 0.3) is 0 Å². The minimum Gasteiger partial charge on any atom is -0.493 e. The number of allylic oxidation sites excluding steroid dienone is 2. The summed E-state index contributed by atoms with van der Waals surface area (Å²) in [6, 6.07) is 4.00. The molecule has 4 rings (SSSR count). The van der Waals surface area contributed by atoms with Crippen LogP contribution >= 0.6 is 0 Å². The molecule has 132 valence electrons. The highest BCUT2D eigenvalue weighted by molar-refractivity contribution is 6.22. The van der Waals surface area contributed by atoms with E-state index in [1.54, 1.807) is 14.2 Å². The summed E-state index contributed by atoms with van der Waals surface area (Å²) in [6.07, 6.45) is 3.02. The molecule has 2 atom stereocenters. The number of carbonyl (C=O) groups is 2. The standard InChI is InChI=1S/C20H23NO4/c1-11-19-13-10-17(25-3)16(24-2)9-12(13)7-8-21(19)14-5-4-6-15(22)18(14)20(11)23/h9-11,19H,4-8H2,1-3H3/t11?,19-/m1/s1. The van der Waals surface area contributed by atoms with Gasteiger partial charge < -0.3 is 14.4 Å². The Morgan fingerprint density at radius 2 is 1.76 bits per heavy atom. The van der Waals surface area contributed by atoms with Gasteiger partial charge in [0.1, 0.15) is 0 Å². The van der Waals surface area contributed by atoms with Crippen LogP contribution in [0, 0.1) is 5.92 Å². The van der Waals surface area contributed by atoms with Gasteiger partial charge >= 0.3 is 0 Å². The first-order chi connectivity index (χ1) is 12.1. The number of hydrogen-bond donors (Lipinski definition) is 0. The second-order valence-corrected chi connectivity index (χ2v) is 7.05. The van der Waals surface area contributed by atoms with Crippen molar-refractivity contribution in [1.82, 2.24) is 4.90 Å². The molecular weight excluding hydrogens is 318 g/mol. The maximum absolute atomic E-state index is 13.0. The van der Waals surface area contributed by atoms with Crippen LogP contribution in [-0.2, 0) is 16.0 Å². The Morgan fingerprint density at radius 3 is 2.48 bits per heavy atom. The van der Waals surface area contributed by atoms with E-state index in [0.717, 1.165) is 42.8 Å². The van der Waals surface area contributed by atoms with Gasteiger partial charge in [0, 0.05) is 24.6 Å². The van der Waals surface area contributed by atoms with Gasteiger partial charge in [-0.3, -0.25) is 9.59 Å². The van der Waals surface area contributed by atoms with Crippen molar-refractivity contribution in [3.8, 4) is 11.5 Å². The molecule has 5 nitrogen and oxygen atoms in total. The van der Waals surface area contributed by atoms with Crippen molar-refractivity contribution in [3.63, 3.8) is 0 Å². The average Bonchev–Trinajstić information content (AvgIpc) is 2.63. The Bertz CT molecular complexity index is 795. The van der Waals surface area contributed by atoms with Crippen LogP contribution in [0.15, 0.2) is 23.4 Å². The molecule has 1 unspecified atom stereocenters. The Labute approximate surface area is 147 Å². The topological polar surface area (TPSA) is 55.8 Å². The van der Waals surface area contributed by atoms with Gasteiger partial charge in [-0.25, -0.2) is 0 Å². The zero-order chi connectivity index (χ0) is 17.7. The highest BCUT2D eigenvalue weighted by atomic mass is 16.5. The summed E-state index contributed by atoms with van der Waals surface area (Å²) in [4.78, 5) is 27.6. The van der Waals surface area contributed by atoms with Crippen molar-refractivity contribution in [2.45, 2.75) is 38.6 Å². The summed E-state index contributed by atoms with van der Waals surface area (Å²) in [5, 5.41) is 0. The van der Waals surface area contributed by atoms with E-state index in [4.69, 9.17) is 9.47 Å². The van der Waals surface area contributed by atoms with E-state index in [1.165, 1.54) is 5.56 Å². The fourth-order valence-electron chi connectivity index (χ4n) is 4.58. The zero-order valence-corrected chi connectivity index (χ0v) is 14.9. The molecule has 0 saturated heterocycles. The summed E-state index contributed by atoms with van der Waals surface area (Å²) in [5.41, 5.74) is 3.75. The summed E-state index contributed by atoms with van der Waals surface area (Å²) < 4.78 is 10.9. The van der Waals surface area contributed by atoms with E-state index in [-0.39, 0.29) is 23.5 Å². The predicted molar refractivity (Wildman–Crippen MR) is 92.8 cm³/mol. The van der Waals surface area contributed by atoms with Crippen LogP contribution in [0.2, 0.25) is 0 Å². The summed E-state index contributed by atoms with van der Waals surface area (Å²) in [7, 11) is 3.26. The molecule has 0 saturated carbocycles. The molecule has 1 aromatic carbocycles. The highest BCUT2D eigenvalue weighted by Crippen LogP contribution is 2.48. The first-order valence-corrected chi connectivity index (χ1v) is 8.88. The first-order valence-electron chi connectivity index (χ1n) is 8.88. The molecule has 5 heteroatoms. The van der Waals surface area contributed by atoms with Gasteiger partial charge in [0.05, 0.1) is 25.8 Å². The second kappa shape index (κ2) is 5.90. The van der Waals surface area contributed by atoms with Crippen LogP contribution in [-0.4, -0.2) is 37.2 Å². The highest BCUT2D eigenvalue weighted by Gasteiger charge is 2.45. The third-order valence-corrected chi connectivity index (χ3v) is 5.79. The number of ether oxygens (including phenoxy) is 2. The van der Waals surface area contributed by atoms with Crippen LogP contribution in [0.1, 0.15) is 43.4 Å². The molecule has 0 fully saturated rings. The minimum atomic E-state index is -0.238. The van der Waals surface area contributed by atoms with Crippen LogP contribution in [0.5, 0.6) is 11.5 Å². The molecule has 1 aromatic rings. The molecule has 0 spiro atoms. The van der Waals surface area contributed by atoms with Gasteiger partial charge in [-0.2, -0.15) is 0 Å². The Balaban J connectivity index is 1.86. The molecular formula is C20H23NO4. The second-order valence-electron chi connectivity index (χ2n) is 7.05. The molecule has 0 bridgehead atoms. The predicted octanol–water partition coefficient (Wildman–Crippen LogP) is 2.83. The summed E-state index contributed by atoms with van der Waals surface area (Å²) >= 11 is 0. The van der Waals surface area contributed by atoms with Crippen LogP contribution in [0.4, 0.5) is 0 Å². The third kappa shape index (κ3) is 2.29. The fourth-order valence-corrected chi connectivity index (χ4v) is 4.58. The molecule has 2 aliphatic heterocycles. The molecule has 25 heavy (non-hydrogen) atoms. The van der Waals surface area contributed by atoms with Gasteiger partial charge in [0.25, 0.3) is 0 Å². The fraction of sp³-hybridized carbons (Fsp3) is 0.500. The SMILES string of the molecule is COc1cc2c(cc1OC)[C@H]1C(C)C(=O)C3=C(CCCC3=O)N1CC2. The molecule has 1 aliphatic carbocycles. The van der Waals surface area contributed by atoms with Gasteiger partial charge in [-0.05, 0) is 42.5 Å². The van der Waals surface area contributed by atoms with Gasteiger partial charge in [0.15, 0.2) is 23.1 Å². The lowest BCUT2D eigenvalue weighted by molar-refractivity contribution is -0.127. The average molecular weight is 341 g/mol. The van der Waals surface area contributed by atoms with Crippen molar-refractivity contribution in [1.29, 1.82) is 0 Å². The van der Waals surface area contributed by atoms with Gasteiger partial charge in [-0.15, -0.1) is 0 Å². The smallest absolute Gasteiger partial charge is 0.173 e. The maximum atomic E-state index is 13.0. The molecule has 3 aliphatic rings. The quantitative estimate of drug-likeness (QED) is 0.774. The minimum absolute atomic E-state index is 0.00332. The summed E-state index contributed by atoms with van der Waals surface area (Å²) in [6.45, 7) is 2.77. The Kier molecular flexibility index (Phi) is 3.82. The molecule has 0 amide bonds. The zero-order valence-electron chi connectivity index (χ0n) is 14.9.